The summed E-state index contributed by atoms with van der Waals surface area (Å²) in [7, 11) is 0. The van der Waals surface area contributed by atoms with Crippen LogP contribution in [0.5, 0.6) is 5.75 Å². The van der Waals surface area contributed by atoms with Crippen LogP contribution in [-0.2, 0) is 0 Å². The number of halogens is 1. The quantitative estimate of drug-likeness (QED) is 0.552. The molecule has 1 aromatic heterocycles. The van der Waals surface area contributed by atoms with Gasteiger partial charge in [-0.3, -0.25) is 15.1 Å². The highest BCUT2D eigenvalue weighted by Gasteiger charge is 2.58. The zero-order chi connectivity index (χ0) is 21.7. The van der Waals surface area contributed by atoms with Crippen molar-refractivity contribution in [1.82, 2.24) is 15.3 Å². The Kier molecular flexibility index (Phi) is 4.48. The van der Waals surface area contributed by atoms with E-state index in [9.17, 15) is 4.79 Å². The van der Waals surface area contributed by atoms with Crippen LogP contribution in [0.2, 0.25) is 5.02 Å². The average molecular weight is 461 g/mol. The minimum atomic E-state index is -1.24. The average Bonchev–Trinajstić information content (AvgIpc) is 3.39. The number of benzene rings is 2. The summed E-state index contributed by atoms with van der Waals surface area (Å²) in [5.74, 6) is -0.556. The van der Waals surface area contributed by atoms with Crippen molar-refractivity contribution in [3.63, 3.8) is 0 Å². The summed E-state index contributed by atoms with van der Waals surface area (Å²) < 4.78 is 6.51. The van der Waals surface area contributed by atoms with E-state index in [0.29, 0.717) is 22.1 Å². The number of hydrazone groups is 1. The van der Waals surface area contributed by atoms with Crippen LogP contribution in [0.1, 0.15) is 29.2 Å². The Labute approximate surface area is 193 Å². The molecule has 3 aliphatic heterocycles. The van der Waals surface area contributed by atoms with Gasteiger partial charge >= 0.3 is 5.85 Å². The van der Waals surface area contributed by atoms with Gasteiger partial charge in [0, 0.05) is 29.4 Å². The third kappa shape index (κ3) is 3.08. The topological polar surface area (TPSA) is 66.8 Å². The first-order chi connectivity index (χ1) is 15.6. The molecule has 4 heterocycles. The number of hydrogen-bond acceptors (Lipinski definition) is 6. The Morgan fingerprint density at radius 3 is 2.88 bits per heavy atom. The molecule has 3 aliphatic rings. The first-order valence-corrected chi connectivity index (χ1v) is 11.3. The van der Waals surface area contributed by atoms with Crippen molar-refractivity contribution in [2.75, 3.05) is 0 Å². The molecule has 0 aliphatic carbocycles. The standard InChI is InChI=1S/C24H17ClN4O2S/c25-17-8-9-21-18(12-17)20-13-19(16-6-2-1-3-7-16)28-29(20)24(31-21)22(32-23(30)27-24)11-15-5-4-10-26-14-15/h1-12,14,20H,13H2,(H,27,30)/b22-11-. The molecule has 0 saturated carbocycles. The smallest absolute Gasteiger partial charge is 0.314 e. The Hall–Kier alpha value is -3.29. The van der Waals surface area contributed by atoms with Gasteiger partial charge in [-0.15, -0.1) is 0 Å². The van der Waals surface area contributed by atoms with Crippen molar-refractivity contribution < 1.29 is 9.53 Å². The van der Waals surface area contributed by atoms with Crippen LogP contribution in [0.4, 0.5) is 4.79 Å². The number of pyridine rings is 1. The molecule has 32 heavy (non-hydrogen) atoms. The van der Waals surface area contributed by atoms with Crippen LogP contribution in [0.15, 0.2) is 83.1 Å². The molecule has 8 heteroatoms. The molecule has 0 bridgehead atoms. The Morgan fingerprint density at radius 2 is 2.06 bits per heavy atom. The number of carbonyl (C=O) groups is 1. The highest BCUT2D eigenvalue weighted by atomic mass is 35.5. The number of aromatic nitrogens is 1. The number of rotatable bonds is 2. The van der Waals surface area contributed by atoms with Gasteiger partial charge in [-0.25, -0.2) is 5.01 Å². The molecule has 1 saturated heterocycles. The molecular weight excluding hydrogens is 444 g/mol. The number of ether oxygens (including phenoxy) is 1. The molecule has 0 radical (unpaired) electrons. The fraction of sp³-hybridized carbons (Fsp3) is 0.125. The fourth-order valence-electron chi connectivity index (χ4n) is 4.31. The van der Waals surface area contributed by atoms with E-state index in [1.807, 2.05) is 65.7 Å². The maximum atomic E-state index is 12.6. The lowest BCUT2D eigenvalue weighted by Gasteiger charge is -2.45. The summed E-state index contributed by atoms with van der Waals surface area (Å²) in [5, 5.41) is 10.3. The summed E-state index contributed by atoms with van der Waals surface area (Å²) in [6.45, 7) is 0. The van der Waals surface area contributed by atoms with E-state index in [2.05, 4.69) is 10.3 Å². The molecule has 1 amide bonds. The number of nitrogens with zero attached hydrogens (tertiary/aromatic N) is 3. The van der Waals surface area contributed by atoms with Crippen LogP contribution in [0.25, 0.3) is 6.08 Å². The van der Waals surface area contributed by atoms with E-state index in [1.54, 1.807) is 18.5 Å². The minimum Gasteiger partial charge on any atom is -0.444 e. The molecule has 6 nitrogen and oxygen atoms in total. The number of fused-ring (bicyclic) bond motifs is 4. The maximum Gasteiger partial charge on any atom is 0.314 e. The first-order valence-electron chi connectivity index (χ1n) is 10.2. The highest BCUT2D eigenvalue weighted by Crippen LogP contribution is 2.53. The van der Waals surface area contributed by atoms with Gasteiger partial charge in [0.25, 0.3) is 5.24 Å². The lowest BCUT2D eigenvalue weighted by atomic mass is 9.95. The second-order valence-electron chi connectivity index (χ2n) is 7.71. The van der Waals surface area contributed by atoms with Gasteiger partial charge in [0.15, 0.2) is 0 Å². The van der Waals surface area contributed by atoms with Crippen LogP contribution < -0.4 is 10.1 Å². The zero-order valence-electron chi connectivity index (χ0n) is 16.7. The lowest BCUT2D eigenvalue weighted by Crippen LogP contribution is -2.61. The van der Waals surface area contributed by atoms with Gasteiger partial charge in [0.1, 0.15) is 5.75 Å². The first kappa shape index (κ1) is 19.4. The van der Waals surface area contributed by atoms with Crippen molar-refractivity contribution in [3.8, 4) is 5.75 Å². The van der Waals surface area contributed by atoms with Crippen LogP contribution in [0.3, 0.4) is 0 Å². The summed E-state index contributed by atoms with van der Waals surface area (Å²) in [5.41, 5.74) is 3.79. The molecule has 6 rings (SSSR count). The van der Waals surface area contributed by atoms with Gasteiger partial charge in [-0.2, -0.15) is 5.10 Å². The van der Waals surface area contributed by atoms with E-state index in [-0.39, 0.29) is 11.3 Å². The predicted octanol–water partition coefficient (Wildman–Crippen LogP) is 5.43. The maximum absolute atomic E-state index is 12.6. The molecule has 3 aromatic rings. The Balaban J connectivity index is 1.53. The van der Waals surface area contributed by atoms with Crippen molar-refractivity contribution in [2.45, 2.75) is 18.3 Å². The Bertz CT molecular complexity index is 1280. The summed E-state index contributed by atoms with van der Waals surface area (Å²) in [4.78, 5) is 17.5. The van der Waals surface area contributed by atoms with E-state index in [1.165, 1.54) is 0 Å². The molecule has 2 aromatic carbocycles. The lowest BCUT2D eigenvalue weighted by molar-refractivity contribution is -0.0949. The van der Waals surface area contributed by atoms with Gasteiger partial charge in [-0.1, -0.05) is 48.0 Å². The van der Waals surface area contributed by atoms with Crippen LogP contribution >= 0.6 is 23.4 Å². The van der Waals surface area contributed by atoms with Gasteiger partial charge in [0.2, 0.25) is 0 Å². The molecule has 158 valence electrons. The van der Waals surface area contributed by atoms with E-state index in [0.717, 1.165) is 34.2 Å². The number of thioether (sulfide) groups is 1. The molecule has 1 spiro atoms. The summed E-state index contributed by atoms with van der Waals surface area (Å²) in [6.07, 6.45) is 6.06. The van der Waals surface area contributed by atoms with Gasteiger partial charge < -0.3 is 4.74 Å². The predicted molar refractivity (Wildman–Crippen MR) is 125 cm³/mol. The largest absolute Gasteiger partial charge is 0.444 e. The number of nitrogens with one attached hydrogen (secondary N) is 1. The highest BCUT2D eigenvalue weighted by molar-refractivity contribution is 8.17. The number of amides is 1. The van der Waals surface area contributed by atoms with E-state index < -0.39 is 5.85 Å². The molecule has 1 fully saturated rings. The summed E-state index contributed by atoms with van der Waals surface area (Å²) in [6, 6.07) is 19.3. The van der Waals surface area contributed by atoms with Crippen LogP contribution in [0, 0.1) is 0 Å². The third-order valence-electron chi connectivity index (χ3n) is 5.72. The molecular formula is C24H17ClN4O2S. The summed E-state index contributed by atoms with van der Waals surface area (Å²) >= 11 is 7.44. The van der Waals surface area contributed by atoms with Crippen LogP contribution in [-0.4, -0.2) is 26.8 Å². The van der Waals surface area contributed by atoms with E-state index >= 15 is 0 Å². The normalized spacial score (nSPS) is 24.7. The second kappa shape index (κ2) is 7.39. The second-order valence-corrected chi connectivity index (χ2v) is 9.17. The van der Waals surface area contributed by atoms with E-state index in [4.69, 9.17) is 21.4 Å². The molecule has 2 atom stereocenters. The fourth-order valence-corrected chi connectivity index (χ4v) is 5.40. The SMILES string of the molecule is O=C1NC2(Oc3ccc(Cl)cc3C3CC(c4ccccc4)=NN32)/C(=C/c2cccnc2)S1. The Morgan fingerprint density at radius 1 is 1.19 bits per heavy atom. The monoisotopic (exact) mass is 460 g/mol. The number of carbonyl (C=O) groups excluding carboxylic acids is 1. The van der Waals surface area contributed by atoms with Crippen molar-refractivity contribution in [2.24, 2.45) is 5.10 Å². The van der Waals surface area contributed by atoms with Crippen molar-refractivity contribution >= 4 is 40.4 Å². The third-order valence-corrected chi connectivity index (χ3v) is 6.86. The molecule has 1 N–H and O–H groups in total. The zero-order valence-corrected chi connectivity index (χ0v) is 18.3. The van der Waals surface area contributed by atoms with Gasteiger partial charge in [0.05, 0.1) is 16.7 Å². The van der Waals surface area contributed by atoms with Gasteiger partial charge in [-0.05, 0) is 53.2 Å². The minimum absolute atomic E-state index is 0.135. The van der Waals surface area contributed by atoms with Crippen molar-refractivity contribution in [3.05, 3.63) is 99.7 Å². The molecule has 2 unspecified atom stereocenters. The van der Waals surface area contributed by atoms with Crippen molar-refractivity contribution in [1.29, 1.82) is 0 Å². The number of hydrogen-bond donors (Lipinski definition) is 1.